The van der Waals surface area contributed by atoms with Gasteiger partial charge < -0.3 is 25.1 Å². The maximum Gasteiger partial charge on any atom is 0.469 e. The van der Waals surface area contributed by atoms with Gasteiger partial charge in [-0.1, -0.05) is 55.9 Å². The minimum absolute atomic E-state index is 0.154. The summed E-state index contributed by atoms with van der Waals surface area (Å²) in [6, 6.07) is 3.64. The zero-order chi connectivity index (χ0) is 24.7. The molecule has 1 aromatic carbocycles. The highest BCUT2D eigenvalue weighted by molar-refractivity contribution is 8.15. The number of benzene rings is 1. The first-order chi connectivity index (χ1) is 15.3. The van der Waals surface area contributed by atoms with Gasteiger partial charge in [0.25, 0.3) is 0 Å². The topological polar surface area (TPSA) is 124 Å². The lowest BCUT2D eigenvalue weighted by Gasteiger charge is -2.28. The zero-order valence-corrected chi connectivity index (χ0v) is 20.2. The molecule has 0 bridgehead atoms. The first-order valence-corrected chi connectivity index (χ1v) is 13.0. The Balaban J connectivity index is 2.03. The average molecular weight is 515 g/mol. The number of nitrogens with two attached hydrogens (primary N) is 1. The first-order valence-electron chi connectivity index (χ1n) is 10.6. The third kappa shape index (κ3) is 9.11. The summed E-state index contributed by atoms with van der Waals surface area (Å²) >= 11 is 0.939. The molecule has 33 heavy (non-hydrogen) atoms. The maximum atomic E-state index is 13.6. The molecule has 0 aliphatic carbocycles. The number of unbranched alkanes of at least 4 members (excludes halogenated alkanes) is 5. The lowest BCUT2D eigenvalue weighted by Crippen LogP contribution is -2.50. The molecular formula is C20H30F3N2O6PS. The van der Waals surface area contributed by atoms with Gasteiger partial charge in [-0.15, -0.1) is 0 Å². The van der Waals surface area contributed by atoms with E-state index in [1.54, 1.807) is 0 Å². The van der Waals surface area contributed by atoms with Crippen LogP contribution in [0.3, 0.4) is 0 Å². The normalized spacial score (nSPS) is 18.5. The van der Waals surface area contributed by atoms with Crippen molar-refractivity contribution >= 4 is 24.6 Å². The van der Waals surface area contributed by atoms with Gasteiger partial charge in [0, 0.05) is 5.56 Å². The smallest absolute Gasteiger partial charge is 0.469 e. The Morgan fingerprint density at radius 2 is 1.88 bits per heavy atom. The molecule has 0 saturated carbocycles. The molecule has 0 aromatic heterocycles. The Morgan fingerprint density at radius 1 is 1.21 bits per heavy atom. The van der Waals surface area contributed by atoms with E-state index in [2.05, 4.69) is 16.6 Å². The number of thioether (sulfide) groups is 1. The average Bonchev–Trinajstić information content (AvgIpc) is 3.22. The summed E-state index contributed by atoms with van der Waals surface area (Å²) in [5.74, 6) is -0.250. The molecule has 4 N–H and O–H groups in total. The molecule has 0 fully saturated rings. The number of phosphoric acid groups is 1. The van der Waals surface area contributed by atoms with Gasteiger partial charge in [0.1, 0.15) is 10.8 Å². The van der Waals surface area contributed by atoms with Crippen molar-refractivity contribution in [1.29, 1.82) is 0 Å². The molecule has 2 atom stereocenters. The van der Waals surface area contributed by atoms with E-state index in [4.69, 9.17) is 25.1 Å². The molecule has 0 radical (unpaired) electrons. The SMILES string of the molecule is CCCCCCCCOc1ccc(C2=NOC([C@@](C)(N)COP(=O)(O)O)S2)cc1C(F)(F)F. The number of ether oxygens (including phenoxy) is 1. The van der Waals surface area contributed by atoms with Crippen LogP contribution in [0.1, 0.15) is 63.5 Å². The van der Waals surface area contributed by atoms with Crippen LogP contribution in [0.2, 0.25) is 0 Å². The Morgan fingerprint density at radius 3 is 2.52 bits per heavy atom. The molecular weight excluding hydrogens is 484 g/mol. The molecule has 0 spiro atoms. The number of alkyl halides is 3. The van der Waals surface area contributed by atoms with E-state index in [-0.39, 0.29) is 23.0 Å². The van der Waals surface area contributed by atoms with E-state index in [0.29, 0.717) is 6.42 Å². The molecule has 1 heterocycles. The number of rotatable bonds is 13. The molecule has 188 valence electrons. The Hall–Kier alpha value is -1.30. The molecule has 1 aliphatic rings. The van der Waals surface area contributed by atoms with Crippen molar-refractivity contribution in [1.82, 2.24) is 0 Å². The number of oxime groups is 1. The molecule has 13 heteroatoms. The van der Waals surface area contributed by atoms with Gasteiger partial charge in [-0.25, -0.2) is 4.57 Å². The number of hydrogen-bond acceptors (Lipinski definition) is 7. The highest BCUT2D eigenvalue weighted by Gasteiger charge is 2.41. The second kappa shape index (κ2) is 11.9. The fourth-order valence-corrected chi connectivity index (χ4v) is 4.40. The van der Waals surface area contributed by atoms with Gasteiger partial charge in [-0.2, -0.15) is 13.2 Å². The van der Waals surface area contributed by atoms with Crippen molar-refractivity contribution in [3.63, 3.8) is 0 Å². The number of hydrogen-bond donors (Lipinski definition) is 3. The van der Waals surface area contributed by atoms with Crippen molar-refractivity contribution in [2.45, 2.75) is 69.5 Å². The molecule has 0 saturated heterocycles. The standard InChI is InChI=1S/C20H30F3N2O6PS/c1-3-4-5-6-7-8-11-29-16-10-9-14(12-15(16)20(21,22)23)17-25-31-18(33-17)19(2,24)13-30-32(26,27)28/h9-10,12,18H,3-8,11,13,24H2,1-2H3,(H2,26,27,28)/t18?,19-/m0/s1. The van der Waals surface area contributed by atoms with Crippen LogP contribution in [0.5, 0.6) is 5.75 Å². The van der Waals surface area contributed by atoms with E-state index < -0.39 is 37.1 Å². The van der Waals surface area contributed by atoms with Crippen molar-refractivity contribution in [3.05, 3.63) is 29.3 Å². The number of phosphoric ester groups is 1. The summed E-state index contributed by atoms with van der Waals surface area (Å²) in [6.07, 6.45) is 1.35. The third-order valence-electron chi connectivity index (χ3n) is 4.82. The summed E-state index contributed by atoms with van der Waals surface area (Å²) in [7, 11) is -4.75. The first kappa shape index (κ1) is 27.9. The summed E-state index contributed by atoms with van der Waals surface area (Å²) in [6.45, 7) is 3.19. The lowest BCUT2D eigenvalue weighted by molar-refractivity contribution is -0.139. The highest BCUT2D eigenvalue weighted by atomic mass is 32.2. The van der Waals surface area contributed by atoms with E-state index in [1.807, 2.05) is 0 Å². The molecule has 1 aliphatic heterocycles. The van der Waals surface area contributed by atoms with Gasteiger partial charge in [0.15, 0.2) is 5.44 Å². The summed E-state index contributed by atoms with van der Waals surface area (Å²) in [4.78, 5) is 22.9. The minimum atomic E-state index is -4.75. The van der Waals surface area contributed by atoms with Gasteiger partial charge in [0.05, 0.1) is 24.3 Å². The van der Waals surface area contributed by atoms with Gasteiger partial charge >= 0.3 is 14.0 Å². The minimum Gasteiger partial charge on any atom is -0.493 e. The van der Waals surface area contributed by atoms with Gasteiger partial charge in [-0.05, 0) is 31.5 Å². The van der Waals surface area contributed by atoms with Crippen LogP contribution in [0.4, 0.5) is 13.2 Å². The van der Waals surface area contributed by atoms with E-state index in [0.717, 1.165) is 49.9 Å². The Labute approximate surface area is 195 Å². The van der Waals surface area contributed by atoms with E-state index in [1.165, 1.54) is 19.1 Å². The number of halogens is 3. The zero-order valence-electron chi connectivity index (χ0n) is 18.5. The second-order valence-corrected chi connectivity index (χ2v) is 10.3. The van der Waals surface area contributed by atoms with E-state index in [9.17, 15) is 17.7 Å². The molecule has 0 amide bonds. The van der Waals surface area contributed by atoms with Crippen molar-refractivity contribution in [2.24, 2.45) is 10.9 Å². The van der Waals surface area contributed by atoms with Crippen molar-refractivity contribution in [3.8, 4) is 5.75 Å². The van der Waals surface area contributed by atoms with E-state index >= 15 is 0 Å². The van der Waals surface area contributed by atoms with Crippen LogP contribution in [0.25, 0.3) is 0 Å². The highest BCUT2D eigenvalue weighted by Crippen LogP contribution is 2.41. The fourth-order valence-electron chi connectivity index (χ4n) is 2.98. The molecule has 1 unspecified atom stereocenters. The summed E-state index contributed by atoms with van der Waals surface area (Å²) in [5, 5.41) is 3.96. The molecule has 8 nitrogen and oxygen atoms in total. The quantitative estimate of drug-likeness (QED) is 0.248. The van der Waals surface area contributed by atoms with Crippen LogP contribution in [-0.2, 0) is 20.1 Å². The summed E-state index contributed by atoms with van der Waals surface area (Å²) in [5.41, 5.74) is 2.96. The molecule has 1 aromatic rings. The summed E-state index contributed by atoms with van der Waals surface area (Å²) < 4.78 is 61.7. The lowest BCUT2D eigenvalue weighted by atomic mass is 10.1. The van der Waals surface area contributed by atoms with Crippen molar-refractivity contribution in [2.75, 3.05) is 13.2 Å². The van der Waals surface area contributed by atoms with Crippen LogP contribution in [0, 0.1) is 0 Å². The number of nitrogens with zero attached hydrogens (tertiary/aromatic N) is 1. The van der Waals surface area contributed by atoms with Crippen LogP contribution >= 0.6 is 19.6 Å². The van der Waals surface area contributed by atoms with Crippen LogP contribution in [-0.4, -0.2) is 39.0 Å². The van der Waals surface area contributed by atoms with Crippen LogP contribution in [0.15, 0.2) is 23.4 Å². The van der Waals surface area contributed by atoms with Crippen LogP contribution < -0.4 is 10.5 Å². The monoisotopic (exact) mass is 514 g/mol. The molecule has 2 rings (SSSR count). The Bertz CT molecular complexity index is 863. The fraction of sp³-hybridized carbons (Fsp3) is 0.650. The van der Waals surface area contributed by atoms with Gasteiger partial charge in [0.2, 0.25) is 0 Å². The Kier molecular flexibility index (Phi) is 10.1. The van der Waals surface area contributed by atoms with Gasteiger partial charge in [-0.3, -0.25) is 4.52 Å². The second-order valence-electron chi connectivity index (χ2n) is 8.05. The van der Waals surface area contributed by atoms with Crippen molar-refractivity contribution < 1.29 is 41.6 Å². The maximum absolute atomic E-state index is 13.6. The predicted octanol–water partition coefficient (Wildman–Crippen LogP) is 5.02. The largest absolute Gasteiger partial charge is 0.493 e. The third-order valence-corrected chi connectivity index (χ3v) is 6.66. The predicted molar refractivity (Wildman–Crippen MR) is 120 cm³/mol.